The maximum absolute atomic E-state index is 11.6. The Labute approximate surface area is 164 Å². The van der Waals surface area contributed by atoms with Gasteiger partial charge in [-0.25, -0.2) is 0 Å². The molecule has 0 bridgehead atoms. The molecule has 8 nitrogen and oxygen atoms in total. The fraction of sp³-hybridized carbons (Fsp3) is 0.105. The number of fused-ring (bicyclic) bond motifs is 1. The summed E-state index contributed by atoms with van der Waals surface area (Å²) >= 11 is 1.33. The molecule has 0 fully saturated rings. The van der Waals surface area contributed by atoms with Crippen molar-refractivity contribution in [2.24, 2.45) is 10.7 Å². The lowest BCUT2D eigenvalue weighted by Gasteiger charge is -2.06. The lowest BCUT2D eigenvalue weighted by Crippen LogP contribution is -2.13. The van der Waals surface area contributed by atoms with Crippen molar-refractivity contribution >= 4 is 45.9 Å². The number of nitrogens with zero attached hydrogens (tertiary/aromatic N) is 3. The summed E-state index contributed by atoms with van der Waals surface area (Å²) in [4.78, 5) is 27.2. The summed E-state index contributed by atoms with van der Waals surface area (Å²) in [5.74, 6) is -0.830. The van der Waals surface area contributed by atoms with Crippen molar-refractivity contribution in [3.63, 3.8) is 0 Å². The first-order chi connectivity index (χ1) is 13.5. The Morgan fingerprint density at radius 1 is 1.11 bits per heavy atom. The molecule has 4 rings (SSSR count). The molecule has 0 saturated heterocycles. The summed E-state index contributed by atoms with van der Waals surface area (Å²) in [5, 5.41) is 15.5. The van der Waals surface area contributed by atoms with E-state index in [-0.39, 0.29) is 11.5 Å². The molecule has 0 spiro atoms. The van der Waals surface area contributed by atoms with Crippen LogP contribution in [0.3, 0.4) is 0 Å². The van der Waals surface area contributed by atoms with E-state index in [0.29, 0.717) is 27.9 Å². The number of carbonyl (C=O) groups is 2. The van der Waals surface area contributed by atoms with E-state index >= 15 is 0 Å². The standard InChI is InChI=1S/C19H16N6O2S/c1-10(26)22-16-5-12(17(20)27)4-13(6-16)18-24-25-19(28-18)23-15-3-2-11-8-21-9-14(11)7-15/h2-7,9H,8H2,1H3,(H2,20,27)(H,22,26)(H,23,25). The van der Waals surface area contributed by atoms with Gasteiger partial charge >= 0.3 is 0 Å². The first-order valence-corrected chi connectivity index (χ1v) is 9.26. The Hall–Kier alpha value is -3.59. The van der Waals surface area contributed by atoms with Gasteiger partial charge in [0.1, 0.15) is 5.01 Å². The lowest BCUT2D eigenvalue weighted by molar-refractivity contribution is -0.114. The van der Waals surface area contributed by atoms with Gasteiger partial charge in [-0.2, -0.15) is 0 Å². The highest BCUT2D eigenvalue weighted by Crippen LogP contribution is 2.31. The monoisotopic (exact) mass is 392 g/mol. The smallest absolute Gasteiger partial charge is 0.248 e. The molecule has 2 heterocycles. The molecule has 0 aliphatic carbocycles. The molecule has 1 aromatic heterocycles. The van der Waals surface area contributed by atoms with Crippen molar-refractivity contribution in [3.05, 3.63) is 53.1 Å². The number of hydrogen-bond donors (Lipinski definition) is 3. The van der Waals surface area contributed by atoms with Gasteiger partial charge in [-0.1, -0.05) is 17.4 Å². The fourth-order valence-corrected chi connectivity index (χ4v) is 3.61. The van der Waals surface area contributed by atoms with E-state index in [1.165, 1.54) is 29.9 Å². The number of carbonyl (C=O) groups excluding carboxylic acids is 2. The lowest BCUT2D eigenvalue weighted by atomic mass is 10.1. The van der Waals surface area contributed by atoms with Crippen molar-refractivity contribution in [2.45, 2.75) is 13.5 Å². The predicted molar refractivity (Wildman–Crippen MR) is 109 cm³/mol. The number of aliphatic imine (C=N–C) groups is 1. The number of primary amides is 1. The van der Waals surface area contributed by atoms with Gasteiger partial charge in [0.15, 0.2) is 0 Å². The molecule has 0 unspecified atom stereocenters. The molecular weight excluding hydrogens is 376 g/mol. The van der Waals surface area contributed by atoms with Crippen LogP contribution in [-0.2, 0) is 11.3 Å². The first kappa shape index (κ1) is 17.8. The summed E-state index contributed by atoms with van der Waals surface area (Å²) in [7, 11) is 0. The average molecular weight is 392 g/mol. The second kappa shape index (κ2) is 7.20. The molecule has 0 radical (unpaired) electrons. The Kier molecular flexibility index (Phi) is 4.58. The third-order valence-electron chi connectivity index (χ3n) is 4.10. The third-order valence-corrected chi connectivity index (χ3v) is 4.99. The number of anilines is 3. The minimum Gasteiger partial charge on any atom is -0.366 e. The second-order valence-corrected chi connectivity index (χ2v) is 7.24. The largest absolute Gasteiger partial charge is 0.366 e. The van der Waals surface area contributed by atoms with Crippen molar-refractivity contribution < 1.29 is 9.59 Å². The Balaban J connectivity index is 1.61. The number of benzene rings is 2. The zero-order valence-electron chi connectivity index (χ0n) is 14.9. The third kappa shape index (κ3) is 3.74. The summed E-state index contributed by atoms with van der Waals surface area (Å²) in [6.07, 6.45) is 1.85. The molecule has 1 aliphatic rings. The maximum Gasteiger partial charge on any atom is 0.248 e. The van der Waals surface area contributed by atoms with Crippen LogP contribution in [-0.4, -0.2) is 28.2 Å². The van der Waals surface area contributed by atoms with Crippen LogP contribution in [0.15, 0.2) is 41.4 Å². The Bertz CT molecular complexity index is 1120. The van der Waals surface area contributed by atoms with Crippen LogP contribution in [0.4, 0.5) is 16.5 Å². The molecule has 9 heteroatoms. The van der Waals surface area contributed by atoms with Crippen LogP contribution in [0.1, 0.15) is 28.4 Å². The fourth-order valence-electron chi connectivity index (χ4n) is 2.86. The van der Waals surface area contributed by atoms with E-state index < -0.39 is 5.91 Å². The summed E-state index contributed by atoms with van der Waals surface area (Å²) in [5.41, 5.74) is 9.97. The van der Waals surface area contributed by atoms with Gasteiger partial charge in [0.2, 0.25) is 16.9 Å². The summed E-state index contributed by atoms with van der Waals surface area (Å²) in [6.45, 7) is 2.11. The van der Waals surface area contributed by atoms with Gasteiger partial charge in [-0.15, -0.1) is 10.2 Å². The quantitative estimate of drug-likeness (QED) is 0.616. The van der Waals surface area contributed by atoms with Crippen LogP contribution in [0.5, 0.6) is 0 Å². The first-order valence-electron chi connectivity index (χ1n) is 8.44. The highest BCUT2D eigenvalue weighted by atomic mass is 32.1. The average Bonchev–Trinajstić information content (AvgIpc) is 3.29. The zero-order chi connectivity index (χ0) is 19.7. The Morgan fingerprint density at radius 3 is 2.75 bits per heavy atom. The second-order valence-electron chi connectivity index (χ2n) is 6.27. The van der Waals surface area contributed by atoms with Gasteiger partial charge in [-0.05, 0) is 41.5 Å². The highest BCUT2D eigenvalue weighted by Gasteiger charge is 2.13. The maximum atomic E-state index is 11.6. The minimum absolute atomic E-state index is 0.243. The van der Waals surface area contributed by atoms with E-state index in [1.807, 2.05) is 24.4 Å². The SMILES string of the molecule is CC(=O)Nc1cc(C(N)=O)cc(-c2nnc(Nc3ccc4c(c3)C=NC4)s2)c1. The number of nitrogens with one attached hydrogen (secondary N) is 2. The summed E-state index contributed by atoms with van der Waals surface area (Å²) in [6, 6.07) is 10.9. The van der Waals surface area contributed by atoms with Gasteiger partial charge in [-0.3, -0.25) is 14.6 Å². The topological polar surface area (TPSA) is 122 Å². The molecule has 140 valence electrons. The van der Waals surface area contributed by atoms with E-state index in [4.69, 9.17) is 5.73 Å². The summed E-state index contributed by atoms with van der Waals surface area (Å²) < 4.78 is 0. The van der Waals surface area contributed by atoms with Gasteiger partial charge < -0.3 is 16.4 Å². The van der Waals surface area contributed by atoms with Gasteiger partial charge in [0.25, 0.3) is 0 Å². The molecule has 2 amide bonds. The minimum atomic E-state index is -0.587. The predicted octanol–water partition coefficient (Wildman–Crippen LogP) is 2.94. The van der Waals surface area contributed by atoms with E-state index in [1.54, 1.807) is 12.1 Å². The van der Waals surface area contributed by atoms with Crippen LogP contribution in [0, 0.1) is 0 Å². The molecule has 4 N–H and O–H groups in total. The molecule has 2 aromatic carbocycles. The van der Waals surface area contributed by atoms with E-state index in [0.717, 1.165) is 11.3 Å². The van der Waals surface area contributed by atoms with Crippen molar-refractivity contribution in [1.29, 1.82) is 0 Å². The number of rotatable bonds is 5. The number of amides is 2. The van der Waals surface area contributed by atoms with Crippen LogP contribution in [0.25, 0.3) is 10.6 Å². The number of aromatic nitrogens is 2. The van der Waals surface area contributed by atoms with Crippen LogP contribution in [0.2, 0.25) is 0 Å². The molecule has 1 aliphatic heterocycles. The van der Waals surface area contributed by atoms with E-state index in [9.17, 15) is 9.59 Å². The number of nitrogens with two attached hydrogens (primary N) is 1. The Morgan fingerprint density at radius 2 is 1.96 bits per heavy atom. The zero-order valence-corrected chi connectivity index (χ0v) is 15.7. The van der Waals surface area contributed by atoms with Crippen LogP contribution < -0.4 is 16.4 Å². The molecular formula is C19H16N6O2S. The van der Waals surface area contributed by atoms with Crippen molar-refractivity contribution in [3.8, 4) is 10.6 Å². The molecule has 3 aromatic rings. The molecule has 28 heavy (non-hydrogen) atoms. The van der Waals surface area contributed by atoms with Crippen molar-refractivity contribution in [2.75, 3.05) is 10.6 Å². The van der Waals surface area contributed by atoms with Crippen molar-refractivity contribution in [1.82, 2.24) is 10.2 Å². The number of hydrogen-bond acceptors (Lipinski definition) is 7. The van der Waals surface area contributed by atoms with Gasteiger partial charge in [0.05, 0.1) is 6.54 Å². The molecule has 0 saturated carbocycles. The molecule has 0 atom stereocenters. The van der Waals surface area contributed by atoms with Crippen LogP contribution >= 0.6 is 11.3 Å². The highest BCUT2D eigenvalue weighted by molar-refractivity contribution is 7.18. The van der Waals surface area contributed by atoms with E-state index in [2.05, 4.69) is 25.8 Å². The normalized spacial score (nSPS) is 11.9. The van der Waals surface area contributed by atoms with Gasteiger partial charge in [0, 0.05) is 35.6 Å².